The van der Waals surface area contributed by atoms with E-state index in [4.69, 9.17) is 5.73 Å². The average molecular weight is 419 g/mol. The van der Waals surface area contributed by atoms with Crippen LogP contribution in [-0.2, 0) is 15.1 Å². The van der Waals surface area contributed by atoms with Crippen molar-refractivity contribution in [2.45, 2.75) is 44.7 Å². The fourth-order valence-electron chi connectivity index (χ4n) is 2.70. The minimum absolute atomic E-state index is 0. The van der Waals surface area contributed by atoms with Crippen LogP contribution in [0.5, 0.6) is 0 Å². The van der Waals surface area contributed by atoms with Gasteiger partial charge in [-0.25, -0.2) is 0 Å². The summed E-state index contributed by atoms with van der Waals surface area (Å²) < 4.78 is 0.992. The zero-order valence-corrected chi connectivity index (χ0v) is 16.4. The second kappa shape index (κ2) is 8.83. The molecule has 24 heavy (non-hydrogen) atoms. The molecule has 1 aromatic rings. The van der Waals surface area contributed by atoms with Crippen LogP contribution in [0.3, 0.4) is 0 Å². The monoisotopic (exact) mass is 417 g/mol. The first-order chi connectivity index (χ1) is 10.8. The van der Waals surface area contributed by atoms with E-state index < -0.39 is 6.04 Å². The third-order valence-corrected chi connectivity index (χ3v) is 4.90. The summed E-state index contributed by atoms with van der Waals surface area (Å²) in [7, 11) is 0. The van der Waals surface area contributed by atoms with E-state index in [2.05, 4.69) is 26.6 Å². The summed E-state index contributed by atoms with van der Waals surface area (Å²) in [6.07, 6.45) is 2.90. The van der Waals surface area contributed by atoms with Crippen molar-refractivity contribution in [2.75, 3.05) is 6.54 Å². The first-order valence-corrected chi connectivity index (χ1v) is 8.74. The number of halogens is 2. The van der Waals surface area contributed by atoms with Gasteiger partial charge in [-0.15, -0.1) is 12.4 Å². The van der Waals surface area contributed by atoms with Crippen LogP contribution >= 0.6 is 28.3 Å². The van der Waals surface area contributed by atoms with Gasteiger partial charge in [0.15, 0.2) is 0 Å². The van der Waals surface area contributed by atoms with Crippen LogP contribution in [0.15, 0.2) is 28.7 Å². The lowest BCUT2D eigenvalue weighted by atomic mass is 9.72. The Morgan fingerprint density at radius 1 is 1.33 bits per heavy atom. The van der Waals surface area contributed by atoms with E-state index >= 15 is 0 Å². The normalized spacial score (nSPS) is 16.5. The molecule has 1 aromatic carbocycles. The number of carbonyl (C=O) groups is 2. The van der Waals surface area contributed by atoms with E-state index in [9.17, 15) is 9.59 Å². The molecule has 0 bridgehead atoms. The molecule has 1 aliphatic carbocycles. The maximum atomic E-state index is 12.2. The van der Waals surface area contributed by atoms with Gasteiger partial charge >= 0.3 is 0 Å². The highest BCUT2D eigenvalue weighted by Crippen LogP contribution is 2.41. The highest BCUT2D eigenvalue weighted by atomic mass is 79.9. The SMILES string of the molecule is CC(C)[C@H](N)C(=O)NCC(=O)NC1(c2cccc(Br)c2)CCC1.Cl. The Bertz CT molecular complexity index is 591. The molecule has 134 valence electrons. The highest BCUT2D eigenvalue weighted by Gasteiger charge is 2.40. The molecule has 2 amide bonds. The molecule has 1 fully saturated rings. The van der Waals surface area contributed by atoms with Crippen molar-refractivity contribution in [3.05, 3.63) is 34.3 Å². The second-order valence-electron chi connectivity index (χ2n) is 6.48. The molecule has 1 aliphatic rings. The number of carbonyl (C=O) groups excluding carboxylic acids is 2. The molecule has 0 aromatic heterocycles. The number of hydrogen-bond donors (Lipinski definition) is 3. The first kappa shape index (κ1) is 20.9. The summed E-state index contributed by atoms with van der Waals surface area (Å²) in [6.45, 7) is 3.71. The fourth-order valence-corrected chi connectivity index (χ4v) is 3.10. The Kier molecular flexibility index (Phi) is 7.70. The molecular formula is C17H25BrClN3O2. The van der Waals surface area contributed by atoms with E-state index in [0.717, 1.165) is 29.3 Å². The molecule has 7 heteroatoms. The Labute approximate surface area is 157 Å². The van der Waals surface area contributed by atoms with Crippen LogP contribution in [0.2, 0.25) is 0 Å². The minimum atomic E-state index is -0.592. The van der Waals surface area contributed by atoms with E-state index in [1.54, 1.807) is 0 Å². The highest BCUT2D eigenvalue weighted by molar-refractivity contribution is 9.10. The van der Waals surface area contributed by atoms with Crippen molar-refractivity contribution >= 4 is 40.2 Å². The van der Waals surface area contributed by atoms with E-state index in [1.165, 1.54) is 0 Å². The van der Waals surface area contributed by atoms with Crippen molar-refractivity contribution in [2.24, 2.45) is 11.7 Å². The van der Waals surface area contributed by atoms with E-state index in [1.807, 2.05) is 38.1 Å². The van der Waals surface area contributed by atoms with E-state index in [0.29, 0.717) is 0 Å². The number of rotatable bonds is 6. The largest absolute Gasteiger partial charge is 0.346 e. The van der Waals surface area contributed by atoms with Gasteiger partial charge in [0.2, 0.25) is 11.8 Å². The van der Waals surface area contributed by atoms with Gasteiger partial charge in [-0.2, -0.15) is 0 Å². The summed E-state index contributed by atoms with van der Waals surface area (Å²) >= 11 is 3.47. The van der Waals surface area contributed by atoms with Crippen molar-refractivity contribution in [1.82, 2.24) is 10.6 Å². The Balaban J connectivity index is 0.00000288. The molecule has 0 spiro atoms. The number of amides is 2. The molecule has 4 N–H and O–H groups in total. The molecule has 0 radical (unpaired) electrons. The van der Waals surface area contributed by atoms with Crippen LogP contribution in [0.4, 0.5) is 0 Å². The van der Waals surface area contributed by atoms with Gasteiger partial charge in [0, 0.05) is 4.47 Å². The lowest BCUT2D eigenvalue weighted by molar-refractivity contribution is -0.128. The molecule has 1 atom stereocenters. The van der Waals surface area contributed by atoms with Crippen molar-refractivity contribution in [1.29, 1.82) is 0 Å². The van der Waals surface area contributed by atoms with Crippen LogP contribution in [0.25, 0.3) is 0 Å². The molecule has 2 rings (SSSR count). The Morgan fingerprint density at radius 2 is 2.00 bits per heavy atom. The average Bonchev–Trinajstić information content (AvgIpc) is 2.47. The first-order valence-electron chi connectivity index (χ1n) is 7.94. The summed E-state index contributed by atoms with van der Waals surface area (Å²) in [5.41, 5.74) is 6.55. The van der Waals surface area contributed by atoms with Gasteiger partial charge in [-0.1, -0.05) is 41.9 Å². The second-order valence-corrected chi connectivity index (χ2v) is 7.40. The Morgan fingerprint density at radius 3 is 2.50 bits per heavy atom. The smallest absolute Gasteiger partial charge is 0.240 e. The number of nitrogens with one attached hydrogen (secondary N) is 2. The van der Waals surface area contributed by atoms with Crippen LogP contribution in [0.1, 0.15) is 38.7 Å². The molecule has 0 saturated heterocycles. The van der Waals surface area contributed by atoms with E-state index in [-0.39, 0.29) is 42.2 Å². The molecule has 0 aliphatic heterocycles. The molecule has 5 nitrogen and oxygen atoms in total. The van der Waals surface area contributed by atoms with Crippen molar-refractivity contribution in [3.8, 4) is 0 Å². The maximum Gasteiger partial charge on any atom is 0.240 e. The minimum Gasteiger partial charge on any atom is -0.346 e. The van der Waals surface area contributed by atoms with Crippen LogP contribution < -0.4 is 16.4 Å². The lowest BCUT2D eigenvalue weighted by Gasteiger charge is -2.43. The zero-order chi connectivity index (χ0) is 17.0. The third-order valence-electron chi connectivity index (χ3n) is 4.41. The van der Waals surface area contributed by atoms with Gasteiger partial charge < -0.3 is 16.4 Å². The fraction of sp³-hybridized carbons (Fsp3) is 0.529. The predicted octanol–water partition coefficient (Wildman–Crippen LogP) is 2.47. The zero-order valence-electron chi connectivity index (χ0n) is 14.0. The maximum absolute atomic E-state index is 12.2. The molecular weight excluding hydrogens is 394 g/mol. The quantitative estimate of drug-likeness (QED) is 0.663. The molecule has 0 heterocycles. The van der Waals surface area contributed by atoms with Gasteiger partial charge in [0.25, 0.3) is 0 Å². The third kappa shape index (κ3) is 4.94. The number of nitrogens with two attached hydrogens (primary N) is 1. The van der Waals surface area contributed by atoms with Gasteiger partial charge in [0.1, 0.15) is 0 Å². The lowest BCUT2D eigenvalue weighted by Crippen LogP contribution is -2.54. The van der Waals surface area contributed by atoms with Crippen LogP contribution in [-0.4, -0.2) is 24.4 Å². The van der Waals surface area contributed by atoms with Crippen molar-refractivity contribution < 1.29 is 9.59 Å². The molecule has 1 saturated carbocycles. The molecule has 0 unspecified atom stereocenters. The summed E-state index contributed by atoms with van der Waals surface area (Å²) in [5.74, 6) is -0.438. The number of hydrogen-bond acceptors (Lipinski definition) is 3. The van der Waals surface area contributed by atoms with Gasteiger partial charge in [-0.05, 0) is 42.9 Å². The van der Waals surface area contributed by atoms with Gasteiger partial charge in [0.05, 0.1) is 18.1 Å². The van der Waals surface area contributed by atoms with Gasteiger partial charge in [-0.3, -0.25) is 9.59 Å². The summed E-state index contributed by atoms with van der Waals surface area (Å²) in [5, 5.41) is 5.69. The summed E-state index contributed by atoms with van der Waals surface area (Å²) in [6, 6.07) is 7.40. The van der Waals surface area contributed by atoms with Crippen molar-refractivity contribution in [3.63, 3.8) is 0 Å². The predicted molar refractivity (Wildman–Crippen MR) is 101 cm³/mol. The topological polar surface area (TPSA) is 84.2 Å². The van der Waals surface area contributed by atoms with Crippen LogP contribution in [0, 0.1) is 5.92 Å². The Hall–Kier alpha value is -1.11. The number of benzene rings is 1. The standard InChI is InChI=1S/C17H24BrN3O2.ClH/c1-11(2)15(19)16(23)20-10-14(22)21-17(7-4-8-17)12-5-3-6-13(18)9-12;/h3,5-6,9,11,15H,4,7-8,10,19H2,1-2H3,(H,20,23)(H,21,22);1H/t15-;/m0./s1. The summed E-state index contributed by atoms with van der Waals surface area (Å²) in [4.78, 5) is 24.1.